The van der Waals surface area contributed by atoms with Gasteiger partial charge >= 0.3 is 0 Å². The average Bonchev–Trinajstić information content (AvgIpc) is 3.39. The van der Waals surface area contributed by atoms with Crippen molar-refractivity contribution in [3.63, 3.8) is 0 Å². The van der Waals surface area contributed by atoms with Crippen LogP contribution in [0.15, 0.2) is 255 Å². The zero-order valence-electron chi connectivity index (χ0n) is 36.1. The van der Waals surface area contributed by atoms with E-state index in [0.29, 0.717) is 5.56 Å². The highest BCUT2D eigenvalue weighted by atomic mass is 19.1. The van der Waals surface area contributed by atoms with Crippen LogP contribution in [-0.4, -0.2) is 0 Å². The molecule has 0 saturated heterocycles. The molecule has 0 aliphatic rings. The summed E-state index contributed by atoms with van der Waals surface area (Å²) in [6.07, 6.45) is 0. The molecule has 0 radical (unpaired) electrons. The maximum Gasteiger partial charge on any atom is 0.131 e. The molecule has 0 atom stereocenters. The summed E-state index contributed by atoms with van der Waals surface area (Å²) < 4.78 is 15.4. The van der Waals surface area contributed by atoms with Gasteiger partial charge in [-0.05, 0) is 148 Å². The first-order valence-electron chi connectivity index (χ1n) is 22.5. The number of fused-ring (bicyclic) bond motifs is 7. The number of rotatable bonds is 8. The standard InChI is InChI=1S/C64H42FN/c65-63-29-9-8-26-60(63)61-28-13-17-46-16-12-27-54(64(46)61)50-20-11-21-53(41-50)66(51-35-30-44(31-36-51)48-19-10-18-47(40-48)43-14-2-1-3-15-43)52-37-32-45(33-38-52)49-34-39-59-57-24-5-4-22-55(57)56-23-6-7-25-58(56)62(59)42-49/h1-42H. The first-order chi connectivity index (χ1) is 32.6. The van der Waals surface area contributed by atoms with Crippen LogP contribution in [0.4, 0.5) is 21.5 Å². The van der Waals surface area contributed by atoms with Gasteiger partial charge in [0.25, 0.3) is 0 Å². The lowest BCUT2D eigenvalue weighted by atomic mass is 9.91. The maximum absolute atomic E-state index is 15.4. The molecule has 0 aliphatic carbocycles. The predicted molar refractivity (Wildman–Crippen MR) is 278 cm³/mol. The zero-order valence-corrected chi connectivity index (χ0v) is 36.1. The van der Waals surface area contributed by atoms with Gasteiger partial charge in [-0.1, -0.05) is 200 Å². The Balaban J connectivity index is 0.973. The molecule has 0 amide bonds. The van der Waals surface area contributed by atoms with Crippen LogP contribution in [0.25, 0.3) is 98.7 Å². The third-order valence-corrected chi connectivity index (χ3v) is 13.1. The lowest BCUT2D eigenvalue weighted by molar-refractivity contribution is 0.631. The highest BCUT2D eigenvalue weighted by molar-refractivity contribution is 6.25. The van der Waals surface area contributed by atoms with Gasteiger partial charge in [-0.2, -0.15) is 0 Å². The Morgan fingerprint density at radius 1 is 0.242 bits per heavy atom. The Kier molecular flexibility index (Phi) is 9.77. The molecule has 0 saturated carbocycles. The summed E-state index contributed by atoms with van der Waals surface area (Å²) in [6.45, 7) is 0. The highest BCUT2D eigenvalue weighted by Gasteiger charge is 2.18. The van der Waals surface area contributed by atoms with Crippen LogP contribution in [0.1, 0.15) is 0 Å². The van der Waals surface area contributed by atoms with Crippen LogP contribution in [0, 0.1) is 5.82 Å². The van der Waals surface area contributed by atoms with Crippen molar-refractivity contribution in [1.82, 2.24) is 0 Å². The van der Waals surface area contributed by atoms with Crippen molar-refractivity contribution < 1.29 is 4.39 Å². The zero-order chi connectivity index (χ0) is 44.0. The lowest BCUT2D eigenvalue weighted by Gasteiger charge is -2.27. The lowest BCUT2D eigenvalue weighted by Crippen LogP contribution is -2.10. The second-order valence-electron chi connectivity index (χ2n) is 17.0. The fraction of sp³-hybridized carbons (Fsp3) is 0. The van der Waals surface area contributed by atoms with Gasteiger partial charge in [-0.3, -0.25) is 0 Å². The van der Waals surface area contributed by atoms with E-state index in [0.717, 1.165) is 55.7 Å². The smallest absolute Gasteiger partial charge is 0.131 e. The molecule has 0 N–H and O–H groups in total. The molecular weight excluding hydrogens is 802 g/mol. The summed E-state index contributed by atoms with van der Waals surface area (Å²) >= 11 is 0. The molecule has 0 aliphatic heterocycles. The molecule has 12 rings (SSSR count). The van der Waals surface area contributed by atoms with Gasteiger partial charge in [-0.25, -0.2) is 4.39 Å². The molecule has 0 fully saturated rings. The minimum Gasteiger partial charge on any atom is -0.310 e. The number of anilines is 3. The van der Waals surface area contributed by atoms with Crippen molar-refractivity contribution in [3.05, 3.63) is 261 Å². The molecule has 12 aromatic carbocycles. The van der Waals surface area contributed by atoms with Crippen LogP contribution < -0.4 is 4.90 Å². The SMILES string of the molecule is Fc1ccccc1-c1cccc2cccc(-c3cccc(N(c4ccc(-c5cccc(-c6ccccc6)c5)cc4)c4ccc(-c5ccc6c7ccccc7c7ccccc7c6c5)cc4)c3)c12. The van der Waals surface area contributed by atoms with E-state index >= 15 is 4.39 Å². The van der Waals surface area contributed by atoms with Crippen molar-refractivity contribution in [2.75, 3.05) is 4.90 Å². The van der Waals surface area contributed by atoms with E-state index in [1.165, 1.54) is 60.6 Å². The molecule has 12 aromatic rings. The largest absolute Gasteiger partial charge is 0.310 e. The van der Waals surface area contributed by atoms with Gasteiger partial charge < -0.3 is 4.90 Å². The van der Waals surface area contributed by atoms with E-state index in [2.05, 4.69) is 223 Å². The summed E-state index contributed by atoms with van der Waals surface area (Å²) in [7, 11) is 0. The third kappa shape index (κ3) is 6.97. The number of hydrogen-bond donors (Lipinski definition) is 0. The van der Waals surface area contributed by atoms with Gasteiger partial charge in [0.05, 0.1) is 0 Å². The van der Waals surface area contributed by atoms with Gasteiger partial charge in [0.1, 0.15) is 5.82 Å². The molecule has 310 valence electrons. The molecule has 0 unspecified atom stereocenters. The first-order valence-corrected chi connectivity index (χ1v) is 22.5. The van der Waals surface area contributed by atoms with E-state index in [-0.39, 0.29) is 5.82 Å². The number of nitrogens with zero attached hydrogens (tertiary/aromatic N) is 1. The Morgan fingerprint density at radius 3 is 1.32 bits per heavy atom. The topological polar surface area (TPSA) is 3.24 Å². The van der Waals surface area contributed by atoms with Crippen molar-refractivity contribution in [3.8, 4) is 55.6 Å². The minimum atomic E-state index is -0.232. The average molecular weight is 844 g/mol. The van der Waals surface area contributed by atoms with Crippen LogP contribution in [-0.2, 0) is 0 Å². The van der Waals surface area contributed by atoms with Gasteiger partial charge in [-0.15, -0.1) is 0 Å². The van der Waals surface area contributed by atoms with Gasteiger partial charge in [0.2, 0.25) is 0 Å². The van der Waals surface area contributed by atoms with Crippen molar-refractivity contribution >= 4 is 60.2 Å². The molecule has 0 bridgehead atoms. The Labute approximate surface area is 383 Å². The summed E-state index contributed by atoms with van der Waals surface area (Å²) in [5.74, 6) is -0.232. The number of benzene rings is 12. The van der Waals surface area contributed by atoms with Crippen molar-refractivity contribution in [2.45, 2.75) is 0 Å². The molecule has 66 heavy (non-hydrogen) atoms. The Bertz CT molecular complexity index is 3720. The van der Waals surface area contributed by atoms with E-state index in [1.54, 1.807) is 6.07 Å². The van der Waals surface area contributed by atoms with Gasteiger partial charge in [0, 0.05) is 22.6 Å². The van der Waals surface area contributed by atoms with Crippen LogP contribution in [0.2, 0.25) is 0 Å². The van der Waals surface area contributed by atoms with E-state index < -0.39 is 0 Å². The molecule has 0 aromatic heterocycles. The fourth-order valence-electron chi connectivity index (χ4n) is 9.95. The van der Waals surface area contributed by atoms with E-state index in [1.807, 2.05) is 24.3 Å². The fourth-order valence-corrected chi connectivity index (χ4v) is 9.95. The summed E-state index contributed by atoms with van der Waals surface area (Å²) in [5.41, 5.74) is 13.7. The number of hydrogen-bond acceptors (Lipinski definition) is 1. The summed E-state index contributed by atoms with van der Waals surface area (Å²) in [5, 5.41) is 9.69. The monoisotopic (exact) mass is 843 g/mol. The Hall–Kier alpha value is -8.59. The molecule has 1 nitrogen and oxygen atoms in total. The summed E-state index contributed by atoms with van der Waals surface area (Å²) in [4.78, 5) is 2.33. The van der Waals surface area contributed by atoms with Crippen LogP contribution in [0.3, 0.4) is 0 Å². The second kappa shape index (κ2) is 16.5. The first kappa shape index (κ1) is 39.0. The number of halogens is 1. The quantitative estimate of drug-likeness (QED) is 0.138. The summed E-state index contributed by atoms with van der Waals surface area (Å²) in [6, 6.07) is 89.8. The van der Waals surface area contributed by atoms with Crippen molar-refractivity contribution in [2.24, 2.45) is 0 Å². The van der Waals surface area contributed by atoms with E-state index in [4.69, 9.17) is 0 Å². The van der Waals surface area contributed by atoms with Crippen molar-refractivity contribution in [1.29, 1.82) is 0 Å². The normalized spacial score (nSPS) is 11.4. The third-order valence-electron chi connectivity index (χ3n) is 13.1. The van der Waals surface area contributed by atoms with E-state index in [9.17, 15) is 0 Å². The maximum atomic E-state index is 15.4. The minimum absolute atomic E-state index is 0.232. The Morgan fingerprint density at radius 2 is 0.682 bits per heavy atom. The predicted octanol–water partition coefficient (Wildman–Crippen LogP) is 18.2. The molecule has 0 heterocycles. The van der Waals surface area contributed by atoms with Crippen LogP contribution in [0.5, 0.6) is 0 Å². The molecular formula is C64H42FN. The van der Waals surface area contributed by atoms with Crippen LogP contribution >= 0.6 is 0 Å². The van der Waals surface area contributed by atoms with Gasteiger partial charge in [0.15, 0.2) is 0 Å². The highest BCUT2D eigenvalue weighted by Crippen LogP contribution is 2.43. The molecule has 0 spiro atoms. The molecule has 2 heteroatoms. The second-order valence-corrected chi connectivity index (χ2v) is 17.0.